The lowest BCUT2D eigenvalue weighted by atomic mass is 9.80. The van der Waals surface area contributed by atoms with E-state index in [9.17, 15) is 10.2 Å². The number of pyridine rings is 1. The van der Waals surface area contributed by atoms with Crippen molar-refractivity contribution in [2.45, 2.75) is 37.1 Å². The van der Waals surface area contributed by atoms with Crippen LogP contribution >= 0.6 is 15.9 Å². The number of halogens is 1. The zero-order valence-corrected chi connectivity index (χ0v) is 19.3. The molecule has 3 aromatic heterocycles. The molecular formula is C23H24BrN7O2. The predicted molar refractivity (Wildman–Crippen MR) is 129 cm³/mol. The summed E-state index contributed by atoms with van der Waals surface area (Å²) < 4.78 is 2.70. The van der Waals surface area contributed by atoms with Crippen LogP contribution in [0.2, 0.25) is 0 Å². The van der Waals surface area contributed by atoms with Gasteiger partial charge in [0.1, 0.15) is 29.7 Å². The highest BCUT2D eigenvalue weighted by molar-refractivity contribution is 9.10. The number of nitrogens with zero attached hydrogens (tertiary/aromatic N) is 4. The molecule has 9 nitrogen and oxygen atoms in total. The minimum absolute atomic E-state index is 0.0426. The van der Waals surface area contributed by atoms with Crippen LogP contribution in [0.4, 0.5) is 11.6 Å². The Kier molecular flexibility index (Phi) is 4.64. The van der Waals surface area contributed by atoms with E-state index in [1.807, 2.05) is 35.0 Å². The second kappa shape index (κ2) is 7.36. The second-order valence-corrected chi connectivity index (χ2v) is 10.1. The average Bonchev–Trinajstić information content (AvgIpc) is 3.48. The number of hydrogen-bond donors (Lipinski definition) is 5. The van der Waals surface area contributed by atoms with Gasteiger partial charge in [0, 0.05) is 29.6 Å². The number of nitrogens with one attached hydrogen (secondary N) is 1. The van der Waals surface area contributed by atoms with E-state index in [2.05, 4.69) is 42.3 Å². The lowest BCUT2D eigenvalue weighted by Crippen LogP contribution is -2.38. The molecule has 1 saturated heterocycles. The number of benzene rings is 1. The highest BCUT2D eigenvalue weighted by Crippen LogP contribution is 2.52. The van der Waals surface area contributed by atoms with Crippen LogP contribution in [-0.2, 0) is 0 Å². The van der Waals surface area contributed by atoms with Gasteiger partial charge in [0.25, 0.3) is 0 Å². The number of nitrogens with two attached hydrogens (primary N) is 2. The molecule has 1 aliphatic heterocycles. The summed E-state index contributed by atoms with van der Waals surface area (Å²) in [5.74, 6) is 0.859. The molecule has 4 heterocycles. The normalized spacial score (nSPS) is 29.5. The molecule has 170 valence electrons. The Morgan fingerprint density at radius 1 is 1.09 bits per heavy atom. The first kappa shape index (κ1) is 20.8. The molecule has 1 saturated carbocycles. The second-order valence-electron chi connectivity index (χ2n) is 9.23. The fraction of sp³-hybridized carbons (Fsp3) is 0.348. The van der Waals surface area contributed by atoms with Crippen molar-refractivity contribution in [1.29, 1.82) is 0 Å². The fourth-order valence-electron chi connectivity index (χ4n) is 5.64. The van der Waals surface area contributed by atoms with Crippen molar-refractivity contribution >= 4 is 49.5 Å². The maximum Gasteiger partial charge on any atom is 0.145 e. The molecule has 2 fully saturated rings. The zero-order valence-electron chi connectivity index (χ0n) is 17.7. The number of hydrogen-bond acceptors (Lipinski definition) is 8. The number of rotatable bonds is 2. The van der Waals surface area contributed by atoms with Crippen molar-refractivity contribution in [3.05, 3.63) is 52.9 Å². The van der Waals surface area contributed by atoms with E-state index in [4.69, 9.17) is 11.5 Å². The van der Waals surface area contributed by atoms with E-state index in [0.29, 0.717) is 36.7 Å². The van der Waals surface area contributed by atoms with Crippen molar-refractivity contribution in [2.75, 3.05) is 18.0 Å². The Labute approximate surface area is 198 Å². The summed E-state index contributed by atoms with van der Waals surface area (Å²) in [7, 11) is 0. The van der Waals surface area contributed by atoms with Crippen molar-refractivity contribution < 1.29 is 10.2 Å². The van der Waals surface area contributed by atoms with Crippen LogP contribution in [0.5, 0.6) is 0 Å². The molecule has 0 bridgehead atoms. The molecule has 0 unspecified atom stereocenters. The van der Waals surface area contributed by atoms with Gasteiger partial charge in [-0.1, -0.05) is 12.1 Å². The number of nitrogen functional groups attached to an aromatic ring is 2. The van der Waals surface area contributed by atoms with Crippen molar-refractivity contribution in [2.24, 2.45) is 5.41 Å². The van der Waals surface area contributed by atoms with Gasteiger partial charge in [-0.2, -0.15) is 0 Å². The molecule has 0 radical (unpaired) electrons. The Hall–Kier alpha value is -2.79. The Morgan fingerprint density at radius 3 is 2.79 bits per heavy atom. The van der Waals surface area contributed by atoms with Crippen LogP contribution < -0.4 is 16.8 Å². The first-order valence-corrected chi connectivity index (χ1v) is 11.7. The maximum atomic E-state index is 11.2. The van der Waals surface area contributed by atoms with Crippen molar-refractivity contribution in [3.8, 4) is 0 Å². The van der Waals surface area contributed by atoms with Crippen molar-refractivity contribution in [1.82, 2.24) is 24.8 Å². The largest absolute Gasteiger partial charge is 0.390 e. The summed E-state index contributed by atoms with van der Waals surface area (Å²) in [5.41, 5.74) is 14.1. The molecule has 33 heavy (non-hydrogen) atoms. The molecule has 2 aliphatic rings. The summed E-state index contributed by atoms with van der Waals surface area (Å²) in [6.07, 6.45) is 2.85. The van der Waals surface area contributed by atoms with Gasteiger partial charge in [-0.15, -0.1) is 0 Å². The SMILES string of the molecule is Nc1nc2cc([C@H]3C[C@@]4(CN3)C[C@@H](n3ccc5c(N)ncnc53)[C@H](O)[C@@H]4O)ccc2cc1Br. The van der Waals surface area contributed by atoms with Gasteiger partial charge in [0.2, 0.25) is 0 Å². The van der Waals surface area contributed by atoms with E-state index in [1.54, 1.807) is 0 Å². The molecule has 1 aliphatic carbocycles. The van der Waals surface area contributed by atoms with Gasteiger partial charge in [-0.3, -0.25) is 0 Å². The van der Waals surface area contributed by atoms with Gasteiger partial charge in [-0.05, 0) is 52.5 Å². The number of aromatic nitrogens is 4. The summed E-state index contributed by atoms with van der Waals surface area (Å²) in [5, 5.41) is 27.5. The minimum atomic E-state index is -0.909. The van der Waals surface area contributed by atoms with E-state index in [0.717, 1.165) is 26.3 Å². The fourth-order valence-corrected chi connectivity index (χ4v) is 5.97. The maximum absolute atomic E-state index is 11.2. The number of anilines is 2. The van der Waals surface area contributed by atoms with Crippen LogP contribution in [0, 0.1) is 5.41 Å². The molecule has 10 heteroatoms. The summed E-state index contributed by atoms with van der Waals surface area (Å²) in [4.78, 5) is 12.9. The third kappa shape index (κ3) is 3.12. The Bertz CT molecular complexity index is 1390. The van der Waals surface area contributed by atoms with Crippen LogP contribution in [-0.4, -0.2) is 48.5 Å². The molecule has 1 aromatic carbocycles. The molecule has 6 rings (SSSR count). The summed E-state index contributed by atoms with van der Waals surface area (Å²) in [6.45, 7) is 0.608. The van der Waals surface area contributed by atoms with Gasteiger partial charge in [0.15, 0.2) is 0 Å². The standard InChI is InChI=1S/C23H24BrN7O2/c24-14-5-11-1-2-12(6-15(11)30-21(14)26)16-7-23(9-27-16)8-17(18(32)19(23)33)31-4-3-13-20(25)28-10-29-22(13)31/h1-6,10,16-19,27,32-33H,7-9H2,(H2,26,30)(H2,25,28,29)/t16-,17-,18+,19+,23+/m1/s1. The predicted octanol–water partition coefficient (Wildman–Crippen LogP) is 2.29. The van der Waals surface area contributed by atoms with Crippen LogP contribution in [0.25, 0.3) is 21.9 Å². The van der Waals surface area contributed by atoms with E-state index in [1.165, 1.54) is 6.33 Å². The van der Waals surface area contributed by atoms with E-state index >= 15 is 0 Å². The van der Waals surface area contributed by atoms with E-state index < -0.39 is 17.6 Å². The highest BCUT2D eigenvalue weighted by Gasteiger charge is 2.56. The molecule has 0 amide bonds. The third-order valence-electron chi connectivity index (χ3n) is 7.39. The number of aliphatic hydroxyl groups excluding tert-OH is 2. The monoisotopic (exact) mass is 509 g/mol. The smallest absolute Gasteiger partial charge is 0.145 e. The lowest BCUT2D eigenvalue weighted by molar-refractivity contribution is -0.0218. The lowest BCUT2D eigenvalue weighted by Gasteiger charge is -2.27. The Balaban J connectivity index is 1.30. The molecule has 1 spiro atoms. The van der Waals surface area contributed by atoms with E-state index in [-0.39, 0.29) is 12.1 Å². The average molecular weight is 510 g/mol. The third-order valence-corrected chi connectivity index (χ3v) is 8.03. The van der Waals surface area contributed by atoms with Crippen LogP contribution in [0.15, 0.2) is 47.3 Å². The molecule has 7 N–H and O–H groups in total. The summed E-state index contributed by atoms with van der Waals surface area (Å²) in [6, 6.07) is 9.72. The van der Waals surface area contributed by atoms with Gasteiger partial charge >= 0.3 is 0 Å². The number of fused-ring (bicyclic) bond motifs is 2. The highest BCUT2D eigenvalue weighted by atomic mass is 79.9. The van der Waals surface area contributed by atoms with Crippen molar-refractivity contribution in [3.63, 3.8) is 0 Å². The van der Waals surface area contributed by atoms with Gasteiger partial charge in [0.05, 0.1) is 27.5 Å². The zero-order chi connectivity index (χ0) is 22.9. The topological polar surface area (TPSA) is 148 Å². The van der Waals surface area contributed by atoms with Crippen LogP contribution in [0.3, 0.4) is 0 Å². The first-order valence-electron chi connectivity index (χ1n) is 10.9. The minimum Gasteiger partial charge on any atom is -0.390 e. The molecule has 4 aromatic rings. The van der Waals surface area contributed by atoms with Gasteiger partial charge in [-0.25, -0.2) is 15.0 Å². The van der Waals surface area contributed by atoms with Gasteiger partial charge < -0.3 is 31.6 Å². The molecular weight excluding hydrogens is 486 g/mol. The first-order chi connectivity index (χ1) is 15.9. The summed E-state index contributed by atoms with van der Waals surface area (Å²) >= 11 is 3.43. The quantitative estimate of drug-likeness (QED) is 0.276. The van der Waals surface area contributed by atoms with Crippen LogP contribution in [0.1, 0.15) is 30.5 Å². The Morgan fingerprint density at radius 2 is 1.94 bits per heavy atom. The number of aliphatic hydroxyl groups is 2. The molecule has 5 atom stereocenters.